The molecule has 0 bridgehead atoms. The molecule has 17 heavy (non-hydrogen) atoms. The molecule has 0 amide bonds. The highest BCUT2D eigenvalue weighted by atomic mass is 19.1. The Bertz CT molecular complexity index is 335. The van der Waals surface area contributed by atoms with E-state index in [0.717, 1.165) is 38.4 Å². The number of nitrogens with zero attached hydrogens (tertiary/aromatic N) is 1. The summed E-state index contributed by atoms with van der Waals surface area (Å²) in [5.74, 6) is -0.110. The number of hydrogen-bond donors (Lipinski definition) is 0. The first kappa shape index (κ1) is 14.1. The van der Waals surface area contributed by atoms with E-state index in [1.807, 2.05) is 26.0 Å². The third kappa shape index (κ3) is 4.44. The van der Waals surface area contributed by atoms with Crippen LogP contribution in [0.2, 0.25) is 0 Å². The van der Waals surface area contributed by atoms with Crippen LogP contribution in [-0.4, -0.2) is 31.2 Å². The summed E-state index contributed by atoms with van der Waals surface area (Å²) in [7, 11) is 0. The third-order valence-electron chi connectivity index (χ3n) is 2.75. The van der Waals surface area contributed by atoms with Crippen LogP contribution in [0.25, 0.3) is 0 Å². The Morgan fingerprint density at radius 3 is 2.47 bits per heavy atom. The Balaban J connectivity index is 0.000000686. The fourth-order valence-corrected chi connectivity index (χ4v) is 1.75. The first-order valence-electron chi connectivity index (χ1n) is 6.31. The minimum Gasteiger partial charge on any atom is -0.379 e. The van der Waals surface area contributed by atoms with Crippen LogP contribution in [0.4, 0.5) is 4.39 Å². The molecule has 1 heterocycles. The van der Waals surface area contributed by atoms with Gasteiger partial charge in [-0.2, -0.15) is 0 Å². The van der Waals surface area contributed by atoms with E-state index in [4.69, 9.17) is 4.74 Å². The monoisotopic (exact) mass is 239 g/mol. The standard InChI is InChI=1S/C12H16FNO.C2H6/c1-10-2-3-11(8-12(10)13)9-14-4-6-15-7-5-14;1-2/h2-3,8H,4-7,9H2,1H3;1-2H3. The van der Waals surface area contributed by atoms with Gasteiger partial charge >= 0.3 is 0 Å². The Hall–Kier alpha value is -0.930. The van der Waals surface area contributed by atoms with Crippen molar-refractivity contribution in [2.45, 2.75) is 27.3 Å². The molecule has 0 aromatic heterocycles. The van der Waals surface area contributed by atoms with Crippen molar-refractivity contribution in [2.24, 2.45) is 0 Å². The quantitative estimate of drug-likeness (QED) is 0.786. The lowest BCUT2D eigenvalue weighted by molar-refractivity contribution is 0.0341. The number of morpholine rings is 1. The minimum atomic E-state index is -0.110. The Morgan fingerprint density at radius 1 is 1.24 bits per heavy atom. The fourth-order valence-electron chi connectivity index (χ4n) is 1.75. The van der Waals surface area contributed by atoms with Crippen LogP contribution in [-0.2, 0) is 11.3 Å². The summed E-state index contributed by atoms with van der Waals surface area (Å²) < 4.78 is 18.6. The van der Waals surface area contributed by atoms with Gasteiger partial charge in [-0.25, -0.2) is 4.39 Å². The predicted molar refractivity (Wildman–Crippen MR) is 68.6 cm³/mol. The molecule has 1 aliphatic heterocycles. The largest absolute Gasteiger partial charge is 0.379 e. The summed E-state index contributed by atoms with van der Waals surface area (Å²) in [5.41, 5.74) is 1.75. The second-order valence-electron chi connectivity index (χ2n) is 3.97. The van der Waals surface area contributed by atoms with Crippen molar-refractivity contribution in [3.8, 4) is 0 Å². The van der Waals surface area contributed by atoms with E-state index < -0.39 is 0 Å². The van der Waals surface area contributed by atoms with Gasteiger partial charge in [0.1, 0.15) is 5.82 Å². The maximum absolute atomic E-state index is 13.3. The highest BCUT2D eigenvalue weighted by Crippen LogP contribution is 2.12. The van der Waals surface area contributed by atoms with Crippen molar-refractivity contribution in [3.05, 3.63) is 35.1 Å². The number of aryl methyl sites for hydroxylation is 1. The van der Waals surface area contributed by atoms with Crippen molar-refractivity contribution >= 4 is 0 Å². The van der Waals surface area contributed by atoms with E-state index in [-0.39, 0.29) is 5.82 Å². The molecule has 0 saturated carbocycles. The molecular formula is C14H22FNO. The Kier molecular flexibility index (Phi) is 6.16. The van der Waals surface area contributed by atoms with Crippen molar-refractivity contribution < 1.29 is 9.13 Å². The van der Waals surface area contributed by atoms with Gasteiger partial charge in [0.15, 0.2) is 0 Å². The molecule has 2 nitrogen and oxygen atoms in total. The maximum Gasteiger partial charge on any atom is 0.126 e. The number of rotatable bonds is 2. The van der Waals surface area contributed by atoms with Crippen LogP contribution < -0.4 is 0 Å². The molecule has 2 rings (SSSR count). The summed E-state index contributed by atoms with van der Waals surface area (Å²) >= 11 is 0. The zero-order chi connectivity index (χ0) is 12.7. The molecule has 3 heteroatoms. The van der Waals surface area contributed by atoms with Crippen molar-refractivity contribution in [2.75, 3.05) is 26.3 Å². The number of hydrogen-bond acceptors (Lipinski definition) is 2. The lowest BCUT2D eigenvalue weighted by atomic mass is 10.1. The second kappa shape index (κ2) is 7.41. The predicted octanol–water partition coefficient (Wildman–Crippen LogP) is 2.99. The van der Waals surface area contributed by atoms with Crippen molar-refractivity contribution in [3.63, 3.8) is 0 Å². The van der Waals surface area contributed by atoms with Gasteiger partial charge in [0.05, 0.1) is 13.2 Å². The first-order valence-corrected chi connectivity index (χ1v) is 6.31. The molecule has 1 aromatic rings. The molecule has 0 aliphatic carbocycles. The molecule has 1 saturated heterocycles. The number of ether oxygens (including phenoxy) is 1. The molecule has 0 N–H and O–H groups in total. The lowest BCUT2D eigenvalue weighted by Crippen LogP contribution is -2.35. The van der Waals surface area contributed by atoms with Crippen LogP contribution in [0.5, 0.6) is 0 Å². The van der Waals surface area contributed by atoms with Crippen molar-refractivity contribution in [1.82, 2.24) is 4.90 Å². The van der Waals surface area contributed by atoms with Crippen LogP contribution in [0, 0.1) is 12.7 Å². The van der Waals surface area contributed by atoms with E-state index in [1.165, 1.54) is 0 Å². The van der Waals surface area contributed by atoms with E-state index in [1.54, 1.807) is 13.0 Å². The average molecular weight is 239 g/mol. The van der Waals surface area contributed by atoms with E-state index >= 15 is 0 Å². The van der Waals surface area contributed by atoms with E-state index in [2.05, 4.69) is 4.90 Å². The minimum absolute atomic E-state index is 0.110. The van der Waals surface area contributed by atoms with Crippen LogP contribution >= 0.6 is 0 Å². The number of halogens is 1. The zero-order valence-corrected chi connectivity index (χ0v) is 11.0. The van der Waals surface area contributed by atoms with Gasteiger partial charge < -0.3 is 4.74 Å². The Morgan fingerprint density at radius 2 is 1.88 bits per heavy atom. The second-order valence-corrected chi connectivity index (χ2v) is 3.97. The SMILES string of the molecule is CC.Cc1ccc(CN2CCOCC2)cc1F. The van der Waals surface area contributed by atoms with Gasteiger partial charge in [-0.05, 0) is 24.1 Å². The fraction of sp³-hybridized carbons (Fsp3) is 0.571. The Labute approximate surface area is 103 Å². The average Bonchev–Trinajstić information content (AvgIpc) is 2.38. The lowest BCUT2D eigenvalue weighted by Gasteiger charge is -2.26. The molecular weight excluding hydrogens is 217 g/mol. The molecule has 0 unspecified atom stereocenters. The van der Waals surface area contributed by atoms with Crippen molar-refractivity contribution in [1.29, 1.82) is 0 Å². The molecule has 0 radical (unpaired) electrons. The summed E-state index contributed by atoms with van der Waals surface area (Å²) in [6.07, 6.45) is 0. The van der Waals surface area contributed by atoms with Crippen LogP contribution in [0.1, 0.15) is 25.0 Å². The smallest absolute Gasteiger partial charge is 0.126 e. The topological polar surface area (TPSA) is 12.5 Å². The van der Waals surface area contributed by atoms with Crippen LogP contribution in [0.15, 0.2) is 18.2 Å². The molecule has 0 atom stereocenters. The summed E-state index contributed by atoms with van der Waals surface area (Å²) in [6, 6.07) is 5.46. The maximum atomic E-state index is 13.3. The highest BCUT2D eigenvalue weighted by Gasteiger charge is 2.11. The third-order valence-corrected chi connectivity index (χ3v) is 2.75. The molecule has 96 valence electrons. The van der Waals surface area contributed by atoms with Gasteiger partial charge in [0.2, 0.25) is 0 Å². The van der Waals surface area contributed by atoms with E-state index in [9.17, 15) is 4.39 Å². The molecule has 0 spiro atoms. The number of benzene rings is 1. The summed E-state index contributed by atoms with van der Waals surface area (Å²) in [6.45, 7) is 10.1. The van der Waals surface area contributed by atoms with Gasteiger partial charge in [0, 0.05) is 19.6 Å². The summed E-state index contributed by atoms with van der Waals surface area (Å²) in [4.78, 5) is 2.29. The van der Waals surface area contributed by atoms with Gasteiger partial charge in [-0.15, -0.1) is 0 Å². The van der Waals surface area contributed by atoms with Gasteiger partial charge in [0.25, 0.3) is 0 Å². The molecule has 1 aromatic carbocycles. The van der Waals surface area contributed by atoms with E-state index in [0.29, 0.717) is 5.56 Å². The zero-order valence-electron chi connectivity index (χ0n) is 11.0. The first-order chi connectivity index (χ1) is 8.25. The molecule has 1 fully saturated rings. The normalized spacial score (nSPS) is 16.2. The highest BCUT2D eigenvalue weighted by molar-refractivity contribution is 5.23. The molecule has 1 aliphatic rings. The van der Waals surface area contributed by atoms with Gasteiger partial charge in [-0.1, -0.05) is 26.0 Å². The van der Waals surface area contributed by atoms with Gasteiger partial charge in [-0.3, -0.25) is 4.90 Å². The van der Waals surface area contributed by atoms with Crippen LogP contribution in [0.3, 0.4) is 0 Å². The summed E-state index contributed by atoms with van der Waals surface area (Å²) in [5, 5.41) is 0.